The van der Waals surface area contributed by atoms with Crippen molar-refractivity contribution in [2.45, 2.75) is 13.5 Å². The lowest BCUT2D eigenvalue weighted by Gasteiger charge is -2.04. The Morgan fingerprint density at radius 2 is 2.21 bits per heavy atom. The summed E-state index contributed by atoms with van der Waals surface area (Å²) in [6.07, 6.45) is 1.81. The van der Waals surface area contributed by atoms with E-state index >= 15 is 0 Å². The minimum Gasteiger partial charge on any atom is -0.315 e. The summed E-state index contributed by atoms with van der Waals surface area (Å²) in [5.41, 5.74) is 0.0160. The van der Waals surface area contributed by atoms with Crippen LogP contribution >= 0.6 is 11.6 Å². The number of pyridine rings is 1. The summed E-state index contributed by atoms with van der Waals surface area (Å²) in [5.74, 6) is 0. The Morgan fingerprint density at radius 1 is 1.43 bits per heavy atom. The summed E-state index contributed by atoms with van der Waals surface area (Å²) in [5, 5.41) is 2.51. The molecule has 0 amide bonds. The number of fused-ring (bicyclic) bond motifs is 1. The molecule has 2 aromatic rings. The lowest BCUT2D eigenvalue weighted by Crippen LogP contribution is -2.16. The molecule has 0 N–H and O–H groups in total. The number of hydrogen-bond donors (Lipinski definition) is 0. The fourth-order valence-electron chi connectivity index (χ4n) is 1.50. The molecule has 14 heavy (non-hydrogen) atoms. The third kappa shape index (κ3) is 1.42. The highest BCUT2D eigenvalue weighted by atomic mass is 35.5. The predicted octanol–water partition coefficient (Wildman–Crippen LogP) is 2.67. The third-order valence-corrected chi connectivity index (χ3v) is 2.60. The lowest BCUT2D eigenvalue weighted by atomic mass is 10.2. The lowest BCUT2D eigenvalue weighted by molar-refractivity contribution is 0.733. The van der Waals surface area contributed by atoms with Gasteiger partial charge in [-0.25, -0.2) is 0 Å². The topological polar surface area (TPSA) is 22.0 Å². The van der Waals surface area contributed by atoms with Gasteiger partial charge in [0.05, 0.1) is 0 Å². The van der Waals surface area contributed by atoms with E-state index in [4.69, 9.17) is 11.6 Å². The number of rotatable bonds is 1. The zero-order valence-corrected chi connectivity index (χ0v) is 8.58. The molecule has 1 heterocycles. The fraction of sp³-hybridized carbons (Fsp3) is 0.182. The van der Waals surface area contributed by atoms with E-state index in [0.29, 0.717) is 11.6 Å². The van der Waals surface area contributed by atoms with Crippen molar-refractivity contribution in [2.24, 2.45) is 0 Å². The maximum absolute atomic E-state index is 11.5. The molecular weight excluding hydrogens is 198 g/mol. The number of aryl methyl sites for hydroxylation is 1. The number of nitrogens with zero attached hydrogens (tertiary/aromatic N) is 1. The monoisotopic (exact) mass is 207 g/mol. The molecule has 72 valence electrons. The maximum Gasteiger partial charge on any atom is 0.251 e. The molecule has 0 unspecified atom stereocenters. The van der Waals surface area contributed by atoms with Crippen LogP contribution in [0, 0.1) is 0 Å². The molecule has 1 aromatic heterocycles. The van der Waals surface area contributed by atoms with E-state index < -0.39 is 0 Å². The molecule has 0 aliphatic heterocycles. The average Bonchev–Trinajstić information content (AvgIpc) is 2.17. The molecule has 0 saturated heterocycles. The first-order chi connectivity index (χ1) is 6.72. The van der Waals surface area contributed by atoms with Gasteiger partial charge in [-0.15, -0.1) is 0 Å². The molecule has 0 saturated carbocycles. The van der Waals surface area contributed by atoms with Gasteiger partial charge in [0.2, 0.25) is 0 Å². The van der Waals surface area contributed by atoms with Gasteiger partial charge in [0.15, 0.2) is 0 Å². The van der Waals surface area contributed by atoms with Gasteiger partial charge in [-0.2, -0.15) is 0 Å². The molecule has 0 atom stereocenters. The highest BCUT2D eigenvalue weighted by molar-refractivity contribution is 6.35. The zero-order chi connectivity index (χ0) is 10.1. The summed E-state index contributed by atoms with van der Waals surface area (Å²) in [7, 11) is 0. The number of hydrogen-bond acceptors (Lipinski definition) is 1. The van der Waals surface area contributed by atoms with Crippen molar-refractivity contribution in [3.05, 3.63) is 45.8 Å². The van der Waals surface area contributed by atoms with E-state index in [1.54, 1.807) is 16.8 Å². The van der Waals surface area contributed by atoms with Crippen LogP contribution in [0.2, 0.25) is 5.02 Å². The predicted molar refractivity (Wildman–Crippen MR) is 58.9 cm³/mol. The molecule has 0 fully saturated rings. The minimum atomic E-state index is 0.0160. The van der Waals surface area contributed by atoms with E-state index in [2.05, 4.69) is 0 Å². The fourth-order valence-corrected chi connectivity index (χ4v) is 1.73. The Labute approximate surface area is 86.7 Å². The molecule has 1 aromatic carbocycles. The SMILES string of the molecule is CCn1cc2c(Cl)cccc2cc1=O. The Balaban J connectivity index is 2.87. The van der Waals surface area contributed by atoms with Crippen molar-refractivity contribution in [3.63, 3.8) is 0 Å². The van der Waals surface area contributed by atoms with Crippen molar-refractivity contribution < 1.29 is 0 Å². The first-order valence-electron chi connectivity index (χ1n) is 4.51. The first kappa shape index (κ1) is 9.28. The largest absolute Gasteiger partial charge is 0.315 e. The minimum absolute atomic E-state index is 0.0160. The molecule has 0 aliphatic carbocycles. The number of benzene rings is 1. The van der Waals surface area contributed by atoms with Gasteiger partial charge in [0, 0.05) is 29.2 Å². The van der Waals surface area contributed by atoms with Crippen molar-refractivity contribution in [3.8, 4) is 0 Å². The van der Waals surface area contributed by atoms with Crippen molar-refractivity contribution in [1.29, 1.82) is 0 Å². The second-order valence-corrected chi connectivity index (χ2v) is 3.55. The van der Waals surface area contributed by atoms with Crippen LogP contribution in [0.3, 0.4) is 0 Å². The van der Waals surface area contributed by atoms with Crippen LogP contribution in [0.4, 0.5) is 0 Å². The average molecular weight is 208 g/mol. The number of halogens is 1. The summed E-state index contributed by atoms with van der Waals surface area (Å²) in [6, 6.07) is 7.18. The van der Waals surface area contributed by atoms with Gasteiger partial charge >= 0.3 is 0 Å². The van der Waals surface area contributed by atoms with Crippen LogP contribution in [-0.4, -0.2) is 4.57 Å². The Hall–Kier alpha value is -1.28. The van der Waals surface area contributed by atoms with E-state index in [1.165, 1.54) is 0 Å². The van der Waals surface area contributed by atoms with E-state index in [9.17, 15) is 4.79 Å². The molecule has 3 heteroatoms. The molecule has 0 spiro atoms. The quantitative estimate of drug-likeness (QED) is 0.705. The number of aromatic nitrogens is 1. The van der Waals surface area contributed by atoms with Crippen LogP contribution in [0.25, 0.3) is 10.8 Å². The zero-order valence-electron chi connectivity index (χ0n) is 7.83. The third-order valence-electron chi connectivity index (χ3n) is 2.27. The highest BCUT2D eigenvalue weighted by Crippen LogP contribution is 2.21. The molecule has 0 aliphatic rings. The smallest absolute Gasteiger partial charge is 0.251 e. The van der Waals surface area contributed by atoms with Gasteiger partial charge in [-0.05, 0) is 18.4 Å². The van der Waals surface area contributed by atoms with Crippen LogP contribution in [0.5, 0.6) is 0 Å². The molecular formula is C11H10ClNO. The summed E-state index contributed by atoms with van der Waals surface area (Å²) in [4.78, 5) is 11.5. The highest BCUT2D eigenvalue weighted by Gasteiger charge is 2.01. The van der Waals surface area contributed by atoms with Crippen molar-refractivity contribution >= 4 is 22.4 Å². The van der Waals surface area contributed by atoms with Crippen molar-refractivity contribution in [1.82, 2.24) is 4.57 Å². The van der Waals surface area contributed by atoms with E-state index in [1.807, 2.05) is 25.1 Å². The summed E-state index contributed by atoms with van der Waals surface area (Å²) in [6.45, 7) is 2.60. The van der Waals surface area contributed by atoms with Crippen LogP contribution < -0.4 is 5.56 Å². The van der Waals surface area contributed by atoms with Gasteiger partial charge in [0.1, 0.15) is 0 Å². The van der Waals surface area contributed by atoms with Crippen molar-refractivity contribution in [2.75, 3.05) is 0 Å². The summed E-state index contributed by atoms with van der Waals surface area (Å²) >= 11 is 6.02. The Kier molecular flexibility index (Phi) is 2.30. The Morgan fingerprint density at radius 3 is 2.93 bits per heavy atom. The van der Waals surface area contributed by atoms with Gasteiger partial charge in [-0.3, -0.25) is 4.79 Å². The molecule has 0 radical (unpaired) electrons. The molecule has 2 rings (SSSR count). The molecule has 2 nitrogen and oxygen atoms in total. The van der Waals surface area contributed by atoms with Gasteiger partial charge in [0.25, 0.3) is 5.56 Å². The normalized spacial score (nSPS) is 10.7. The second-order valence-electron chi connectivity index (χ2n) is 3.14. The van der Waals surface area contributed by atoms with E-state index in [-0.39, 0.29) is 5.56 Å². The van der Waals surface area contributed by atoms with Crippen LogP contribution in [0.15, 0.2) is 35.3 Å². The van der Waals surface area contributed by atoms with Gasteiger partial charge < -0.3 is 4.57 Å². The summed E-state index contributed by atoms with van der Waals surface area (Å²) < 4.78 is 1.65. The maximum atomic E-state index is 11.5. The standard InChI is InChI=1S/C11H10ClNO/c1-2-13-7-9-8(6-11(13)14)4-3-5-10(9)12/h3-7H,2H2,1H3. The van der Waals surface area contributed by atoms with Crippen LogP contribution in [-0.2, 0) is 6.54 Å². The van der Waals surface area contributed by atoms with E-state index in [0.717, 1.165) is 10.8 Å². The Bertz CT molecular complexity index is 530. The van der Waals surface area contributed by atoms with Gasteiger partial charge in [-0.1, -0.05) is 23.7 Å². The molecule has 0 bridgehead atoms. The first-order valence-corrected chi connectivity index (χ1v) is 4.89. The van der Waals surface area contributed by atoms with Crippen LogP contribution in [0.1, 0.15) is 6.92 Å². The second kappa shape index (κ2) is 3.46.